The second-order valence-corrected chi connectivity index (χ2v) is 5.75. The van der Waals surface area contributed by atoms with Gasteiger partial charge in [-0.25, -0.2) is 4.79 Å². The molecular weight excluding hydrogens is 280 g/mol. The normalized spacial score (nSPS) is 20.1. The molecule has 0 saturated carbocycles. The summed E-state index contributed by atoms with van der Waals surface area (Å²) in [5, 5.41) is 2.56. The van der Waals surface area contributed by atoms with Gasteiger partial charge in [-0.3, -0.25) is 0 Å². The van der Waals surface area contributed by atoms with Crippen LogP contribution in [0.3, 0.4) is 0 Å². The molecule has 0 amide bonds. The summed E-state index contributed by atoms with van der Waals surface area (Å²) in [4.78, 5) is 12.4. The van der Waals surface area contributed by atoms with Crippen molar-refractivity contribution in [3.8, 4) is 11.5 Å². The molecule has 0 unspecified atom stereocenters. The Bertz CT molecular complexity index is 955. The molecule has 0 radical (unpaired) electrons. The van der Waals surface area contributed by atoms with Crippen molar-refractivity contribution in [2.75, 3.05) is 7.11 Å². The van der Waals surface area contributed by atoms with Gasteiger partial charge in [0.1, 0.15) is 23.2 Å². The first-order chi connectivity index (χ1) is 10.6. The Hall–Kier alpha value is -2.49. The number of rotatable bonds is 1. The van der Waals surface area contributed by atoms with E-state index in [-0.39, 0.29) is 17.6 Å². The van der Waals surface area contributed by atoms with Gasteiger partial charge in [0.2, 0.25) is 0 Å². The van der Waals surface area contributed by atoms with Crippen LogP contribution in [-0.4, -0.2) is 13.2 Å². The third-order valence-corrected chi connectivity index (χ3v) is 4.54. The first-order valence-corrected chi connectivity index (χ1v) is 7.35. The van der Waals surface area contributed by atoms with Crippen molar-refractivity contribution in [3.63, 3.8) is 0 Å². The van der Waals surface area contributed by atoms with Crippen molar-refractivity contribution in [1.82, 2.24) is 0 Å². The summed E-state index contributed by atoms with van der Waals surface area (Å²) in [5.41, 5.74) is 0.869. The fourth-order valence-electron chi connectivity index (χ4n) is 3.19. The lowest BCUT2D eigenvalue weighted by atomic mass is 9.98. The zero-order valence-electron chi connectivity index (χ0n) is 12.7. The molecule has 4 rings (SSSR count). The largest absolute Gasteiger partial charge is 0.496 e. The molecule has 0 aliphatic carbocycles. The lowest BCUT2D eigenvalue weighted by Gasteiger charge is -2.11. The van der Waals surface area contributed by atoms with Gasteiger partial charge in [0.25, 0.3) is 0 Å². The van der Waals surface area contributed by atoms with E-state index in [1.165, 1.54) is 0 Å². The second-order valence-electron chi connectivity index (χ2n) is 5.75. The third kappa shape index (κ3) is 1.61. The summed E-state index contributed by atoms with van der Waals surface area (Å²) >= 11 is 0. The van der Waals surface area contributed by atoms with Gasteiger partial charge in [-0.05, 0) is 13.0 Å². The van der Waals surface area contributed by atoms with Crippen LogP contribution in [0.25, 0.3) is 21.7 Å². The van der Waals surface area contributed by atoms with Gasteiger partial charge in [-0.1, -0.05) is 31.2 Å². The van der Waals surface area contributed by atoms with Crippen LogP contribution < -0.4 is 15.1 Å². The van der Waals surface area contributed by atoms with Gasteiger partial charge >= 0.3 is 5.63 Å². The summed E-state index contributed by atoms with van der Waals surface area (Å²) in [5.74, 6) is 1.40. The minimum Gasteiger partial charge on any atom is -0.496 e. The van der Waals surface area contributed by atoms with Crippen LogP contribution in [0.2, 0.25) is 0 Å². The summed E-state index contributed by atoms with van der Waals surface area (Å²) in [7, 11) is 1.64. The molecule has 0 spiro atoms. The molecule has 1 aliphatic rings. The molecular formula is C18H16O4. The van der Waals surface area contributed by atoms with Crippen LogP contribution in [0, 0.1) is 0 Å². The molecule has 0 bridgehead atoms. The molecule has 0 saturated heterocycles. The number of methoxy groups -OCH3 is 1. The number of fused-ring (bicyclic) bond motifs is 5. The van der Waals surface area contributed by atoms with Crippen molar-refractivity contribution >= 4 is 21.7 Å². The highest BCUT2D eigenvalue weighted by atomic mass is 16.5. The average Bonchev–Trinajstić information content (AvgIpc) is 2.83. The molecule has 1 aromatic heterocycles. The van der Waals surface area contributed by atoms with Crippen LogP contribution in [-0.2, 0) is 0 Å². The average molecular weight is 296 g/mol. The zero-order valence-corrected chi connectivity index (χ0v) is 12.7. The smallest absolute Gasteiger partial charge is 0.343 e. The number of hydrogen-bond donors (Lipinski definition) is 0. The summed E-state index contributed by atoms with van der Waals surface area (Å²) in [6.07, 6.45) is -0.0408. The molecule has 0 N–H and O–H groups in total. The molecule has 3 aromatic rings. The molecule has 2 heterocycles. The number of ether oxygens (including phenoxy) is 2. The van der Waals surface area contributed by atoms with Crippen molar-refractivity contribution in [3.05, 3.63) is 46.3 Å². The maximum Gasteiger partial charge on any atom is 0.343 e. The predicted molar refractivity (Wildman–Crippen MR) is 85.0 cm³/mol. The highest BCUT2D eigenvalue weighted by Gasteiger charge is 2.34. The first-order valence-electron chi connectivity index (χ1n) is 7.35. The lowest BCUT2D eigenvalue weighted by molar-refractivity contribution is 0.234. The third-order valence-electron chi connectivity index (χ3n) is 4.54. The molecule has 2 atom stereocenters. The van der Waals surface area contributed by atoms with E-state index in [1.807, 2.05) is 44.2 Å². The Morgan fingerprint density at radius 3 is 2.55 bits per heavy atom. The van der Waals surface area contributed by atoms with E-state index in [4.69, 9.17) is 13.9 Å². The molecule has 1 aliphatic heterocycles. The van der Waals surface area contributed by atoms with E-state index in [2.05, 4.69) is 0 Å². The first kappa shape index (κ1) is 13.2. The summed E-state index contributed by atoms with van der Waals surface area (Å²) in [6.45, 7) is 3.95. The summed E-state index contributed by atoms with van der Waals surface area (Å²) in [6, 6.07) is 9.62. The van der Waals surface area contributed by atoms with Crippen molar-refractivity contribution in [2.24, 2.45) is 0 Å². The number of hydrogen-bond acceptors (Lipinski definition) is 4. The van der Waals surface area contributed by atoms with E-state index in [0.29, 0.717) is 16.9 Å². The van der Waals surface area contributed by atoms with Gasteiger partial charge in [-0.15, -0.1) is 0 Å². The fourth-order valence-corrected chi connectivity index (χ4v) is 3.19. The lowest BCUT2D eigenvalue weighted by Crippen LogP contribution is -2.14. The minimum absolute atomic E-state index is 0.0214. The van der Waals surface area contributed by atoms with Crippen LogP contribution in [0.1, 0.15) is 25.3 Å². The molecule has 112 valence electrons. The molecule has 22 heavy (non-hydrogen) atoms. The Labute approximate surface area is 127 Å². The van der Waals surface area contributed by atoms with Gasteiger partial charge in [0.15, 0.2) is 0 Å². The maximum atomic E-state index is 12.4. The van der Waals surface area contributed by atoms with E-state index < -0.39 is 0 Å². The van der Waals surface area contributed by atoms with E-state index >= 15 is 0 Å². The Kier molecular flexibility index (Phi) is 2.70. The second kappa shape index (κ2) is 4.50. The summed E-state index contributed by atoms with van der Waals surface area (Å²) < 4.78 is 17.1. The van der Waals surface area contributed by atoms with Gasteiger partial charge in [0, 0.05) is 16.7 Å². The Balaban J connectivity index is 2.22. The number of benzene rings is 2. The highest BCUT2D eigenvalue weighted by Crippen LogP contribution is 2.44. The fraction of sp³-hybridized carbons (Fsp3) is 0.278. The van der Waals surface area contributed by atoms with Crippen LogP contribution >= 0.6 is 0 Å². The van der Waals surface area contributed by atoms with E-state index in [9.17, 15) is 4.79 Å². The van der Waals surface area contributed by atoms with E-state index in [1.54, 1.807) is 7.11 Å². The zero-order chi connectivity index (χ0) is 15.4. The van der Waals surface area contributed by atoms with Crippen LogP contribution in [0.15, 0.2) is 39.5 Å². The van der Waals surface area contributed by atoms with E-state index in [0.717, 1.165) is 21.9 Å². The topological polar surface area (TPSA) is 48.7 Å². The van der Waals surface area contributed by atoms with Crippen molar-refractivity contribution in [2.45, 2.75) is 25.9 Å². The van der Waals surface area contributed by atoms with Gasteiger partial charge in [0.05, 0.1) is 18.1 Å². The monoisotopic (exact) mass is 296 g/mol. The standard InChI is InChI=1S/C18H16O4/c1-9-10(2)21-17-13-8-14(20-3)11-6-4-5-7-12(11)16(13)22-18(19)15(9)17/h4-10H,1-3H3/t9-,10+/m0/s1. The van der Waals surface area contributed by atoms with Crippen LogP contribution in [0.4, 0.5) is 0 Å². The molecule has 4 nitrogen and oxygen atoms in total. The Morgan fingerprint density at radius 2 is 1.82 bits per heavy atom. The van der Waals surface area contributed by atoms with Crippen LogP contribution in [0.5, 0.6) is 11.5 Å². The molecule has 0 fully saturated rings. The molecule has 4 heteroatoms. The predicted octanol–water partition coefficient (Wildman–Crippen LogP) is 3.84. The highest BCUT2D eigenvalue weighted by molar-refractivity contribution is 6.09. The Morgan fingerprint density at radius 1 is 1.09 bits per heavy atom. The quantitative estimate of drug-likeness (QED) is 0.505. The van der Waals surface area contributed by atoms with Crippen molar-refractivity contribution < 1.29 is 13.9 Å². The van der Waals surface area contributed by atoms with Gasteiger partial charge in [-0.2, -0.15) is 0 Å². The minimum atomic E-state index is -0.310. The maximum absolute atomic E-state index is 12.4. The van der Waals surface area contributed by atoms with Gasteiger partial charge < -0.3 is 13.9 Å². The molecule has 2 aromatic carbocycles. The SMILES string of the molecule is COc1cc2c3c(c(=O)oc2c2ccccc12)[C@@H](C)[C@@H](C)O3. The van der Waals surface area contributed by atoms with Crippen molar-refractivity contribution in [1.29, 1.82) is 0 Å².